The van der Waals surface area contributed by atoms with Crippen molar-refractivity contribution in [1.29, 1.82) is 0 Å². The highest BCUT2D eigenvalue weighted by atomic mass is 16.5. The maximum Gasteiger partial charge on any atom is 0.251 e. The molecule has 1 amide bonds. The van der Waals surface area contributed by atoms with Crippen molar-refractivity contribution in [2.24, 2.45) is 5.92 Å². The summed E-state index contributed by atoms with van der Waals surface area (Å²) in [6.45, 7) is 4.58. The first-order chi connectivity index (χ1) is 18.1. The predicted octanol–water partition coefficient (Wildman–Crippen LogP) is 4.81. The van der Waals surface area contributed by atoms with Gasteiger partial charge in [-0.25, -0.2) is 4.98 Å². The molecule has 0 bridgehead atoms. The number of hydrogen-bond acceptors (Lipinski definition) is 6. The molecule has 8 nitrogen and oxygen atoms in total. The number of carbonyl (C=O) groups excluding carboxylic acids is 1. The van der Waals surface area contributed by atoms with Crippen molar-refractivity contribution in [3.8, 4) is 11.1 Å². The molecule has 1 aromatic carbocycles. The van der Waals surface area contributed by atoms with Gasteiger partial charge in [-0.15, -0.1) is 0 Å². The molecule has 0 unspecified atom stereocenters. The molecule has 1 aliphatic heterocycles. The summed E-state index contributed by atoms with van der Waals surface area (Å²) in [5, 5.41) is 11.6. The van der Waals surface area contributed by atoms with Gasteiger partial charge >= 0.3 is 0 Å². The third-order valence-electron chi connectivity index (χ3n) is 8.30. The Morgan fingerprint density at radius 2 is 1.89 bits per heavy atom. The first-order valence-electron chi connectivity index (χ1n) is 13.9. The van der Waals surface area contributed by atoms with E-state index in [4.69, 9.17) is 14.8 Å². The van der Waals surface area contributed by atoms with Gasteiger partial charge in [0.15, 0.2) is 5.65 Å². The smallest absolute Gasteiger partial charge is 0.251 e. The van der Waals surface area contributed by atoms with Crippen molar-refractivity contribution in [1.82, 2.24) is 19.9 Å². The van der Waals surface area contributed by atoms with Crippen LogP contribution in [0.15, 0.2) is 30.5 Å². The van der Waals surface area contributed by atoms with Crippen LogP contribution in [0.3, 0.4) is 0 Å². The lowest BCUT2D eigenvalue weighted by Crippen LogP contribution is -2.30. The number of hydrogen-bond donors (Lipinski definition) is 2. The topological polar surface area (TPSA) is 83.8 Å². The van der Waals surface area contributed by atoms with Gasteiger partial charge in [-0.3, -0.25) is 4.79 Å². The number of aryl methyl sites for hydroxylation is 1. The highest BCUT2D eigenvalue weighted by molar-refractivity contribution is 5.97. The maximum atomic E-state index is 12.7. The van der Waals surface area contributed by atoms with Gasteiger partial charge in [-0.1, -0.05) is 25.0 Å². The zero-order valence-corrected chi connectivity index (χ0v) is 22.0. The van der Waals surface area contributed by atoms with Gasteiger partial charge in [0.25, 0.3) is 5.91 Å². The number of benzene rings is 1. The molecule has 0 spiro atoms. The second-order valence-electron chi connectivity index (χ2n) is 11.1. The van der Waals surface area contributed by atoms with Crippen molar-refractivity contribution in [3.63, 3.8) is 0 Å². The summed E-state index contributed by atoms with van der Waals surface area (Å²) < 4.78 is 7.48. The summed E-state index contributed by atoms with van der Waals surface area (Å²) >= 11 is 0. The third kappa shape index (κ3) is 5.17. The Morgan fingerprint density at radius 3 is 2.62 bits per heavy atom. The van der Waals surface area contributed by atoms with Crippen LogP contribution in [0.2, 0.25) is 0 Å². The first kappa shape index (κ1) is 24.2. The Labute approximate surface area is 218 Å². The van der Waals surface area contributed by atoms with E-state index in [1.54, 1.807) is 0 Å². The Hall–Kier alpha value is -3.13. The molecule has 2 N–H and O–H groups in total. The Morgan fingerprint density at radius 1 is 1.11 bits per heavy atom. The van der Waals surface area contributed by atoms with Crippen LogP contribution in [0, 0.1) is 12.8 Å². The predicted molar refractivity (Wildman–Crippen MR) is 146 cm³/mol. The molecule has 0 atom stereocenters. The number of aromatic nitrogens is 3. The number of carbonyl (C=O) groups is 1. The number of anilines is 2. The molecule has 2 aromatic heterocycles. The van der Waals surface area contributed by atoms with Crippen molar-refractivity contribution in [2.75, 3.05) is 37.0 Å². The minimum absolute atomic E-state index is 0.0182. The molecule has 8 heteroatoms. The lowest BCUT2D eigenvalue weighted by Gasteiger charge is -2.27. The van der Waals surface area contributed by atoms with Crippen LogP contribution in [0.4, 0.5) is 11.6 Å². The van der Waals surface area contributed by atoms with Gasteiger partial charge in [0.1, 0.15) is 11.6 Å². The average molecular weight is 503 g/mol. The van der Waals surface area contributed by atoms with Crippen LogP contribution >= 0.6 is 0 Å². The highest BCUT2D eigenvalue weighted by Crippen LogP contribution is 2.32. The van der Waals surface area contributed by atoms with Gasteiger partial charge < -0.3 is 20.3 Å². The van der Waals surface area contributed by atoms with Crippen LogP contribution in [0.25, 0.3) is 16.8 Å². The molecular formula is C29H38N6O2. The second-order valence-corrected chi connectivity index (χ2v) is 11.1. The normalized spacial score (nSPS) is 18.9. The fourth-order valence-corrected chi connectivity index (χ4v) is 5.72. The number of fused-ring (bicyclic) bond motifs is 1. The van der Waals surface area contributed by atoms with Crippen LogP contribution in [-0.4, -0.2) is 59.4 Å². The zero-order chi connectivity index (χ0) is 25.4. The van der Waals surface area contributed by atoms with E-state index in [9.17, 15) is 4.79 Å². The number of nitrogens with zero attached hydrogens (tertiary/aromatic N) is 4. The summed E-state index contributed by atoms with van der Waals surface area (Å²) in [6.07, 6.45) is 11.2. The fourth-order valence-electron chi connectivity index (χ4n) is 5.72. The lowest BCUT2D eigenvalue weighted by atomic mass is 10.0. The molecular weight excluding hydrogens is 464 g/mol. The van der Waals surface area contributed by atoms with Crippen molar-refractivity contribution >= 4 is 23.2 Å². The largest absolute Gasteiger partial charge is 0.381 e. The van der Waals surface area contributed by atoms with Crippen molar-refractivity contribution in [3.05, 3.63) is 41.6 Å². The number of ether oxygens (including phenoxy) is 1. The Kier molecular flexibility index (Phi) is 6.76. The minimum Gasteiger partial charge on any atom is -0.381 e. The molecule has 3 heterocycles. The van der Waals surface area contributed by atoms with E-state index < -0.39 is 0 Å². The van der Waals surface area contributed by atoms with E-state index in [1.807, 2.05) is 29.8 Å². The highest BCUT2D eigenvalue weighted by Gasteiger charge is 2.26. The molecule has 3 aliphatic rings. The molecule has 1 saturated heterocycles. The van der Waals surface area contributed by atoms with Crippen LogP contribution < -0.4 is 15.5 Å². The standard InChI is InChI=1S/C29H38N6O2/c1-19-15-21(7-10-24(19)29(36)32-22-8-9-22)25-18-31-35-26(30-17-20-11-13-37-14-12-20)16-27(33-28(25)35)34(2)23-5-3-4-6-23/h7,10,15-16,18,20,22-23,30H,3-6,8-9,11-14,17H2,1-2H3,(H,32,36). The van der Waals surface area contributed by atoms with E-state index in [1.165, 1.54) is 25.7 Å². The van der Waals surface area contributed by atoms with Crippen LogP contribution in [-0.2, 0) is 4.74 Å². The molecule has 37 heavy (non-hydrogen) atoms. The number of amides is 1. The Bertz CT molecular complexity index is 1270. The molecule has 6 rings (SSSR count). The molecule has 196 valence electrons. The monoisotopic (exact) mass is 502 g/mol. The summed E-state index contributed by atoms with van der Waals surface area (Å²) in [7, 11) is 2.17. The van der Waals surface area contributed by atoms with Crippen molar-refractivity contribution < 1.29 is 9.53 Å². The quantitative estimate of drug-likeness (QED) is 0.460. The van der Waals surface area contributed by atoms with Gasteiger partial charge in [0, 0.05) is 56.1 Å². The van der Waals surface area contributed by atoms with Crippen molar-refractivity contribution in [2.45, 2.75) is 70.4 Å². The minimum atomic E-state index is 0.0182. The lowest BCUT2D eigenvalue weighted by molar-refractivity contribution is 0.0699. The summed E-state index contributed by atoms with van der Waals surface area (Å²) in [6, 6.07) is 9.07. The molecule has 0 radical (unpaired) electrons. The van der Waals surface area contributed by atoms with Gasteiger partial charge in [0.2, 0.25) is 0 Å². The summed E-state index contributed by atoms with van der Waals surface area (Å²) in [5.41, 5.74) is 4.55. The first-order valence-corrected chi connectivity index (χ1v) is 13.9. The molecule has 3 aromatic rings. The van der Waals surface area contributed by atoms with E-state index in [-0.39, 0.29) is 5.91 Å². The zero-order valence-electron chi connectivity index (χ0n) is 22.0. The summed E-state index contributed by atoms with van der Waals surface area (Å²) in [5.74, 6) is 2.57. The number of rotatable bonds is 8. The molecule has 3 fully saturated rings. The van der Waals surface area contributed by atoms with E-state index in [0.717, 1.165) is 85.0 Å². The van der Waals surface area contributed by atoms with Crippen LogP contribution in [0.1, 0.15) is 67.3 Å². The molecule has 2 saturated carbocycles. The summed E-state index contributed by atoms with van der Waals surface area (Å²) in [4.78, 5) is 20.1. The molecule has 2 aliphatic carbocycles. The fraction of sp³-hybridized carbons (Fsp3) is 0.552. The maximum absolute atomic E-state index is 12.7. The van der Waals surface area contributed by atoms with Gasteiger partial charge in [-0.05, 0) is 68.6 Å². The van der Waals surface area contributed by atoms with E-state index in [0.29, 0.717) is 18.0 Å². The van der Waals surface area contributed by atoms with Crippen LogP contribution in [0.5, 0.6) is 0 Å². The Balaban J connectivity index is 1.34. The SMILES string of the molecule is Cc1cc(-c2cnn3c(NCC4CCOCC4)cc(N(C)C4CCCC4)nc23)ccc1C(=O)NC1CC1. The van der Waals surface area contributed by atoms with E-state index >= 15 is 0 Å². The second kappa shape index (κ2) is 10.3. The van der Waals surface area contributed by atoms with Gasteiger partial charge in [-0.2, -0.15) is 9.61 Å². The van der Waals surface area contributed by atoms with Gasteiger partial charge in [0.05, 0.1) is 6.20 Å². The average Bonchev–Trinajstić information content (AvgIpc) is 3.38. The third-order valence-corrected chi connectivity index (χ3v) is 8.30. The van der Waals surface area contributed by atoms with E-state index in [2.05, 4.69) is 34.7 Å². The number of nitrogens with one attached hydrogen (secondary N) is 2.